The number of benzene rings is 1. The van der Waals surface area contributed by atoms with Gasteiger partial charge in [-0.25, -0.2) is 4.79 Å². The lowest BCUT2D eigenvalue weighted by Crippen LogP contribution is -2.34. The van der Waals surface area contributed by atoms with Crippen LogP contribution < -0.4 is 10.6 Å². The first kappa shape index (κ1) is 23.6. The standard InChI is InChI=1S/C22H36N2O5/c1-22(2,3)29-21(25)24-12-13-26-16-18-4-6-19(7-5-18)17-27-14-15-28-20-8-10-23-11-9-20/h4-7,20,23H,8-17H2,1-3H3,(H,24,25). The van der Waals surface area contributed by atoms with Crippen LogP contribution in [0.3, 0.4) is 0 Å². The molecule has 0 atom stereocenters. The Balaban J connectivity index is 1.50. The molecule has 2 rings (SSSR count). The quantitative estimate of drug-likeness (QED) is 0.548. The Bertz CT molecular complexity index is 580. The van der Waals surface area contributed by atoms with Gasteiger partial charge in [0, 0.05) is 6.54 Å². The van der Waals surface area contributed by atoms with Gasteiger partial charge in [0.05, 0.1) is 39.1 Å². The van der Waals surface area contributed by atoms with Crippen molar-refractivity contribution in [1.29, 1.82) is 0 Å². The maximum atomic E-state index is 11.5. The van der Waals surface area contributed by atoms with E-state index in [-0.39, 0.29) is 0 Å². The highest BCUT2D eigenvalue weighted by molar-refractivity contribution is 5.67. The van der Waals surface area contributed by atoms with Crippen molar-refractivity contribution in [2.45, 2.75) is 58.5 Å². The molecule has 1 aromatic rings. The third-order valence-corrected chi connectivity index (χ3v) is 4.34. The molecule has 7 nitrogen and oxygen atoms in total. The summed E-state index contributed by atoms with van der Waals surface area (Å²) in [7, 11) is 0. The molecule has 0 spiro atoms. The van der Waals surface area contributed by atoms with Crippen molar-refractivity contribution in [3.05, 3.63) is 35.4 Å². The zero-order valence-electron chi connectivity index (χ0n) is 18.0. The molecule has 29 heavy (non-hydrogen) atoms. The van der Waals surface area contributed by atoms with Gasteiger partial charge in [-0.1, -0.05) is 24.3 Å². The summed E-state index contributed by atoms with van der Waals surface area (Å²) in [5.74, 6) is 0. The number of ether oxygens (including phenoxy) is 4. The lowest BCUT2D eigenvalue weighted by Gasteiger charge is -2.22. The Morgan fingerprint density at radius 2 is 1.59 bits per heavy atom. The summed E-state index contributed by atoms with van der Waals surface area (Å²) in [5, 5.41) is 6.00. The fraction of sp³-hybridized carbons (Fsp3) is 0.682. The van der Waals surface area contributed by atoms with E-state index in [1.807, 2.05) is 45.0 Å². The van der Waals surface area contributed by atoms with Crippen molar-refractivity contribution < 1.29 is 23.7 Å². The van der Waals surface area contributed by atoms with Crippen LogP contribution in [0.25, 0.3) is 0 Å². The summed E-state index contributed by atoms with van der Waals surface area (Å²) >= 11 is 0. The molecule has 0 bridgehead atoms. The second-order valence-corrected chi connectivity index (χ2v) is 8.17. The Morgan fingerprint density at radius 1 is 1.00 bits per heavy atom. The third-order valence-electron chi connectivity index (χ3n) is 4.34. The van der Waals surface area contributed by atoms with Crippen molar-refractivity contribution in [3.63, 3.8) is 0 Å². The maximum Gasteiger partial charge on any atom is 0.407 e. The van der Waals surface area contributed by atoms with Crippen LogP contribution >= 0.6 is 0 Å². The van der Waals surface area contributed by atoms with Crippen LogP contribution in [0, 0.1) is 0 Å². The van der Waals surface area contributed by atoms with Crippen molar-refractivity contribution in [2.75, 3.05) is 39.5 Å². The molecule has 164 valence electrons. The Hall–Kier alpha value is -1.67. The predicted octanol–water partition coefficient (Wildman–Crippen LogP) is 3.01. The first-order valence-corrected chi connectivity index (χ1v) is 10.4. The zero-order chi connectivity index (χ0) is 21.0. The van der Waals surface area contributed by atoms with E-state index in [0.29, 0.717) is 45.7 Å². The van der Waals surface area contributed by atoms with Gasteiger partial charge in [-0.3, -0.25) is 0 Å². The number of carbonyl (C=O) groups is 1. The maximum absolute atomic E-state index is 11.5. The average molecular weight is 409 g/mol. The lowest BCUT2D eigenvalue weighted by molar-refractivity contribution is -0.0109. The van der Waals surface area contributed by atoms with Crippen LogP contribution in [0.15, 0.2) is 24.3 Å². The largest absolute Gasteiger partial charge is 0.444 e. The molecule has 0 unspecified atom stereocenters. The summed E-state index contributed by atoms with van der Waals surface area (Å²) in [5.41, 5.74) is 1.72. The van der Waals surface area contributed by atoms with E-state index in [9.17, 15) is 4.79 Å². The SMILES string of the molecule is CC(C)(C)OC(=O)NCCOCc1ccc(COCCOC2CCNCC2)cc1. The second-order valence-electron chi connectivity index (χ2n) is 8.17. The highest BCUT2D eigenvalue weighted by Gasteiger charge is 2.15. The van der Waals surface area contributed by atoms with Gasteiger partial charge in [-0.15, -0.1) is 0 Å². The summed E-state index contributed by atoms with van der Waals surface area (Å²) < 4.78 is 22.3. The van der Waals surface area contributed by atoms with Crippen molar-refractivity contribution in [3.8, 4) is 0 Å². The normalized spacial score (nSPS) is 15.3. The van der Waals surface area contributed by atoms with Crippen LogP contribution in [-0.2, 0) is 32.2 Å². The number of piperidine rings is 1. The number of hydrogen-bond acceptors (Lipinski definition) is 6. The van der Waals surface area contributed by atoms with Crippen LogP contribution in [0.2, 0.25) is 0 Å². The molecule has 1 saturated heterocycles. The van der Waals surface area contributed by atoms with Gasteiger partial charge in [0.25, 0.3) is 0 Å². The van der Waals surface area contributed by atoms with E-state index >= 15 is 0 Å². The van der Waals surface area contributed by atoms with Crippen molar-refractivity contribution >= 4 is 6.09 Å². The van der Waals surface area contributed by atoms with Crippen LogP contribution in [0.5, 0.6) is 0 Å². The smallest absolute Gasteiger partial charge is 0.407 e. The molecule has 1 fully saturated rings. The van der Waals surface area contributed by atoms with E-state index in [0.717, 1.165) is 37.1 Å². The first-order chi connectivity index (χ1) is 13.9. The third kappa shape index (κ3) is 11.2. The van der Waals surface area contributed by atoms with Gasteiger partial charge >= 0.3 is 6.09 Å². The summed E-state index contributed by atoms with van der Waals surface area (Å²) in [6.45, 7) is 10.8. The highest BCUT2D eigenvalue weighted by Crippen LogP contribution is 2.09. The molecular weight excluding hydrogens is 372 g/mol. The summed E-state index contributed by atoms with van der Waals surface area (Å²) in [6.07, 6.45) is 2.12. The zero-order valence-corrected chi connectivity index (χ0v) is 18.0. The van der Waals surface area contributed by atoms with E-state index in [1.54, 1.807) is 0 Å². The minimum atomic E-state index is -0.490. The van der Waals surface area contributed by atoms with Crippen molar-refractivity contribution in [1.82, 2.24) is 10.6 Å². The minimum absolute atomic E-state index is 0.374. The number of amides is 1. The Kier molecular flexibility index (Phi) is 10.4. The number of hydrogen-bond donors (Lipinski definition) is 2. The Labute approximate surface area is 174 Å². The van der Waals surface area contributed by atoms with E-state index in [2.05, 4.69) is 10.6 Å². The van der Waals surface area contributed by atoms with E-state index < -0.39 is 11.7 Å². The number of alkyl carbamates (subject to hydrolysis) is 1. The molecule has 1 heterocycles. The fourth-order valence-electron chi connectivity index (χ4n) is 2.89. The van der Waals surface area contributed by atoms with E-state index in [4.69, 9.17) is 18.9 Å². The van der Waals surface area contributed by atoms with Gasteiger partial charge in [-0.2, -0.15) is 0 Å². The minimum Gasteiger partial charge on any atom is -0.444 e. The van der Waals surface area contributed by atoms with Gasteiger partial charge in [-0.05, 0) is 57.8 Å². The van der Waals surface area contributed by atoms with Crippen molar-refractivity contribution in [2.24, 2.45) is 0 Å². The predicted molar refractivity (Wildman–Crippen MR) is 112 cm³/mol. The Morgan fingerprint density at radius 3 is 2.17 bits per heavy atom. The molecule has 0 saturated carbocycles. The van der Waals surface area contributed by atoms with Gasteiger partial charge < -0.3 is 29.6 Å². The average Bonchev–Trinajstić information content (AvgIpc) is 2.68. The molecule has 1 aliphatic heterocycles. The summed E-state index contributed by atoms with van der Waals surface area (Å²) in [4.78, 5) is 11.5. The molecule has 7 heteroatoms. The topological polar surface area (TPSA) is 78.1 Å². The van der Waals surface area contributed by atoms with Gasteiger partial charge in [0.2, 0.25) is 0 Å². The highest BCUT2D eigenvalue weighted by atomic mass is 16.6. The summed E-state index contributed by atoms with van der Waals surface area (Å²) in [6, 6.07) is 8.16. The lowest BCUT2D eigenvalue weighted by atomic mass is 10.1. The molecular formula is C22H36N2O5. The number of nitrogens with one attached hydrogen (secondary N) is 2. The van der Waals surface area contributed by atoms with Gasteiger partial charge in [0.1, 0.15) is 5.60 Å². The van der Waals surface area contributed by atoms with Gasteiger partial charge in [0.15, 0.2) is 0 Å². The molecule has 1 aliphatic rings. The molecule has 1 amide bonds. The molecule has 0 radical (unpaired) electrons. The second kappa shape index (κ2) is 12.8. The van der Waals surface area contributed by atoms with Crippen LogP contribution in [0.4, 0.5) is 4.79 Å². The monoisotopic (exact) mass is 408 g/mol. The molecule has 0 aromatic heterocycles. The molecule has 2 N–H and O–H groups in total. The van der Waals surface area contributed by atoms with Crippen LogP contribution in [0.1, 0.15) is 44.7 Å². The molecule has 0 aliphatic carbocycles. The first-order valence-electron chi connectivity index (χ1n) is 10.4. The van der Waals surface area contributed by atoms with E-state index in [1.165, 1.54) is 0 Å². The van der Waals surface area contributed by atoms with Crippen LogP contribution in [-0.4, -0.2) is 57.3 Å². The number of carbonyl (C=O) groups excluding carboxylic acids is 1. The molecule has 1 aromatic carbocycles. The number of rotatable bonds is 11. The fourth-order valence-corrected chi connectivity index (χ4v) is 2.89.